The van der Waals surface area contributed by atoms with Crippen molar-refractivity contribution in [3.8, 4) is 0 Å². The van der Waals surface area contributed by atoms with Crippen molar-refractivity contribution in [2.45, 2.75) is 6.04 Å². The standard InChI is InChI=1S/C9H9BrFNO2/c1-12-8(9(13)14)5-2-3-6(10)7(11)4-5/h2-4,8,12H,1H3,(H,13,14). The molecule has 0 aromatic heterocycles. The molecule has 3 nitrogen and oxygen atoms in total. The van der Waals surface area contributed by atoms with Crippen LogP contribution >= 0.6 is 15.9 Å². The first-order valence-corrected chi connectivity index (χ1v) is 4.70. The van der Waals surface area contributed by atoms with Crippen LogP contribution in [0.5, 0.6) is 0 Å². The van der Waals surface area contributed by atoms with E-state index >= 15 is 0 Å². The molecule has 0 radical (unpaired) electrons. The van der Waals surface area contributed by atoms with Gasteiger partial charge in [-0.1, -0.05) is 6.07 Å². The van der Waals surface area contributed by atoms with Crippen LogP contribution in [0.2, 0.25) is 0 Å². The summed E-state index contributed by atoms with van der Waals surface area (Å²) in [5.74, 6) is -1.50. The lowest BCUT2D eigenvalue weighted by Gasteiger charge is -2.11. The maximum absolute atomic E-state index is 13.1. The van der Waals surface area contributed by atoms with Gasteiger partial charge in [-0.05, 0) is 40.7 Å². The third-order valence-electron chi connectivity index (χ3n) is 1.81. The lowest BCUT2D eigenvalue weighted by Crippen LogP contribution is -2.24. The molecular formula is C9H9BrFNO2. The molecule has 0 aliphatic rings. The molecule has 76 valence electrons. The monoisotopic (exact) mass is 261 g/mol. The minimum atomic E-state index is -1.03. The number of carbonyl (C=O) groups is 1. The molecule has 0 saturated heterocycles. The van der Waals surface area contributed by atoms with E-state index in [1.807, 2.05) is 0 Å². The Kier molecular flexibility index (Phi) is 3.60. The van der Waals surface area contributed by atoms with Crippen LogP contribution in [0.4, 0.5) is 4.39 Å². The van der Waals surface area contributed by atoms with Gasteiger partial charge in [0.2, 0.25) is 0 Å². The Bertz CT molecular complexity index is 357. The molecular weight excluding hydrogens is 253 g/mol. The molecule has 5 heteroatoms. The zero-order valence-electron chi connectivity index (χ0n) is 7.42. The fraction of sp³-hybridized carbons (Fsp3) is 0.222. The molecule has 0 bridgehead atoms. The number of hydrogen-bond donors (Lipinski definition) is 2. The van der Waals surface area contributed by atoms with Crippen molar-refractivity contribution in [1.29, 1.82) is 0 Å². The van der Waals surface area contributed by atoms with E-state index in [9.17, 15) is 9.18 Å². The third-order valence-corrected chi connectivity index (χ3v) is 2.46. The van der Waals surface area contributed by atoms with Gasteiger partial charge in [-0.15, -0.1) is 0 Å². The Morgan fingerprint density at radius 3 is 2.71 bits per heavy atom. The first kappa shape index (κ1) is 11.1. The first-order chi connectivity index (χ1) is 6.56. The Balaban J connectivity index is 3.06. The zero-order chi connectivity index (χ0) is 10.7. The van der Waals surface area contributed by atoms with Crippen molar-refractivity contribution in [3.63, 3.8) is 0 Å². The van der Waals surface area contributed by atoms with E-state index in [0.717, 1.165) is 0 Å². The van der Waals surface area contributed by atoms with Crippen LogP contribution in [-0.4, -0.2) is 18.1 Å². The van der Waals surface area contributed by atoms with Gasteiger partial charge in [0, 0.05) is 0 Å². The number of nitrogens with one attached hydrogen (secondary N) is 1. The molecule has 0 amide bonds. The molecule has 0 heterocycles. The summed E-state index contributed by atoms with van der Waals surface area (Å²) in [7, 11) is 1.51. The molecule has 0 fully saturated rings. The molecule has 1 aromatic rings. The lowest BCUT2D eigenvalue weighted by atomic mass is 10.1. The van der Waals surface area contributed by atoms with Crippen molar-refractivity contribution >= 4 is 21.9 Å². The minimum Gasteiger partial charge on any atom is -0.480 e. The normalized spacial score (nSPS) is 12.5. The summed E-state index contributed by atoms with van der Waals surface area (Å²) in [6.45, 7) is 0. The summed E-state index contributed by atoms with van der Waals surface area (Å²) in [6.07, 6.45) is 0. The number of halogens is 2. The van der Waals surface area contributed by atoms with Crippen LogP contribution in [-0.2, 0) is 4.79 Å². The molecule has 0 spiro atoms. The quantitative estimate of drug-likeness (QED) is 0.875. The van der Waals surface area contributed by atoms with E-state index in [1.54, 1.807) is 6.07 Å². The van der Waals surface area contributed by atoms with Crippen molar-refractivity contribution < 1.29 is 14.3 Å². The Hall–Kier alpha value is -0.940. The SMILES string of the molecule is CNC(C(=O)O)c1ccc(Br)c(F)c1. The van der Waals surface area contributed by atoms with E-state index in [2.05, 4.69) is 21.2 Å². The highest BCUT2D eigenvalue weighted by Gasteiger charge is 2.18. The summed E-state index contributed by atoms with van der Waals surface area (Å²) in [4.78, 5) is 10.7. The molecule has 1 atom stereocenters. The summed E-state index contributed by atoms with van der Waals surface area (Å²) in [5.41, 5.74) is 0.390. The largest absolute Gasteiger partial charge is 0.480 e. The van der Waals surface area contributed by atoms with E-state index in [0.29, 0.717) is 10.0 Å². The van der Waals surface area contributed by atoms with Crippen molar-refractivity contribution in [1.82, 2.24) is 5.32 Å². The highest BCUT2D eigenvalue weighted by atomic mass is 79.9. The van der Waals surface area contributed by atoms with Gasteiger partial charge in [-0.3, -0.25) is 4.79 Å². The fourth-order valence-corrected chi connectivity index (χ4v) is 1.37. The lowest BCUT2D eigenvalue weighted by molar-refractivity contribution is -0.139. The van der Waals surface area contributed by atoms with Gasteiger partial charge >= 0.3 is 5.97 Å². The van der Waals surface area contributed by atoms with Crippen LogP contribution in [0.3, 0.4) is 0 Å². The molecule has 0 saturated carbocycles. The van der Waals surface area contributed by atoms with Gasteiger partial charge in [0.15, 0.2) is 0 Å². The molecule has 1 rings (SSSR count). The number of benzene rings is 1. The van der Waals surface area contributed by atoms with E-state index in [-0.39, 0.29) is 0 Å². The summed E-state index contributed by atoms with van der Waals surface area (Å²) < 4.78 is 13.4. The average Bonchev–Trinajstić information content (AvgIpc) is 2.11. The number of carboxylic acid groups (broad SMARTS) is 1. The van der Waals surface area contributed by atoms with E-state index in [1.165, 1.54) is 19.2 Å². The van der Waals surface area contributed by atoms with Crippen molar-refractivity contribution in [3.05, 3.63) is 34.1 Å². The molecule has 2 N–H and O–H groups in total. The first-order valence-electron chi connectivity index (χ1n) is 3.91. The third kappa shape index (κ3) is 2.30. The topological polar surface area (TPSA) is 49.3 Å². The second-order valence-electron chi connectivity index (χ2n) is 2.73. The van der Waals surface area contributed by atoms with Gasteiger partial charge in [-0.2, -0.15) is 0 Å². The Morgan fingerprint density at radius 2 is 2.29 bits per heavy atom. The minimum absolute atomic E-state index is 0.321. The van der Waals surface area contributed by atoms with Crippen LogP contribution in [0, 0.1) is 5.82 Å². The van der Waals surface area contributed by atoms with E-state index in [4.69, 9.17) is 5.11 Å². The predicted molar refractivity (Wildman–Crippen MR) is 53.5 cm³/mol. The van der Waals surface area contributed by atoms with Gasteiger partial charge in [0.05, 0.1) is 4.47 Å². The van der Waals surface area contributed by atoms with Crippen LogP contribution < -0.4 is 5.32 Å². The second-order valence-corrected chi connectivity index (χ2v) is 3.59. The maximum Gasteiger partial charge on any atom is 0.325 e. The second kappa shape index (κ2) is 4.52. The molecule has 1 unspecified atom stereocenters. The van der Waals surface area contributed by atoms with Crippen molar-refractivity contribution in [2.24, 2.45) is 0 Å². The summed E-state index contributed by atoms with van der Waals surface area (Å²) in [5, 5.41) is 11.4. The van der Waals surface area contributed by atoms with E-state index < -0.39 is 17.8 Å². The average molecular weight is 262 g/mol. The molecule has 0 aliphatic heterocycles. The number of likely N-dealkylation sites (N-methyl/N-ethyl adjacent to an activating group) is 1. The van der Waals surface area contributed by atoms with Crippen LogP contribution in [0.1, 0.15) is 11.6 Å². The number of hydrogen-bond acceptors (Lipinski definition) is 2. The highest BCUT2D eigenvalue weighted by Crippen LogP contribution is 2.20. The van der Waals surface area contributed by atoms with Gasteiger partial charge < -0.3 is 10.4 Å². The number of carboxylic acids is 1. The number of rotatable bonds is 3. The predicted octanol–water partition coefficient (Wildman–Crippen LogP) is 1.93. The molecule has 1 aromatic carbocycles. The van der Waals surface area contributed by atoms with Gasteiger partial charge in [0.25, 0.3) is 0 Å². The maximum atomic E-state index is 13.1. The van der Waals surface area contributed by atoms with Crippen LogP contribution in [0.15, 0.2) is 22.7 Å². The zero-order valence-corrected chi connectivity index (χ0v) is 9.01. The Labute approximate surface area is 89.1 Å². The Morgan fingerprint density at radius 1 is 1.64 bits per heavy atom. The van der Waals surface area contributed by atoms with Crippen molar-refractivity contribution in [2.75, 3.05) is 7.05 Å². The molecule has 0 aliphatic carbocycles. The van der Waals surface area contributed by atoms with Gasteiger partial charge in [-0.25, -0.2) is 4.39 Å². The smallest absolute Gasteiger partial charge is 0.325 e. The highest BCUT2D eigenvalue weighted by molar-refractivity contribution is 9.10. The fourth-order valence-electron chi connectivity index (χ4n) is 1.12. The summed E-state index contributed by atoms with van der Waals surface area (Å²) >= 11 is 2.99. The number of aliphatic carboxylic acids is 1. The summed E-state index contributed by atoms with van der Waals surface area (Å²) in [6, 6.07) is 3.36. The molecule has 14 heavy (non-hydrogen) atoms. The van der Waals surface area contributed by atoms with Gasteiger partial charge in [0.1, 0.15) is 11.9 Å². The van der Waals surface area contributed by atoms with Crippen LogP contribution in [0.25, 0.3) is 0 Å².